The number of hydrogen-bond acceptors (Lipinski definition) is 3. The molecule has 2 aliphatic rings. The Kier molecular flexibility index (Phi) is 3.49. The van der Waals surface area contributed by atoms with Gasteiger partial charge in [0.25, 0.3) is 5.91 Å². The monoisotopic (exact) mass is 311 g/mol. The lowest BCUT2D eigenvalue weighted by atomic mass is 9.84. The summed E-state index contributed by atoms with van der Waals surface area (Å²) in [4.78, 5) is 14.9. The molecule has 0 unspecified atom stereocenters. The van der Waals surface area contributed by atoms with Gasteiger partial charge in [-0.25, -0.2) is 0 Å². The number of methoxy groups -OCH3 is 1. The van der Waals surface area contributed by atoms with Crippen molar-refractivity contribution in [2.75, 3.05) is 26.8 Å². The summed E-state index contributed by atoms with van der Waals surface area (Å²) in [5.41, 5.74) is 0.825. The van der Waals surface area contributed by atoms with Crippen LogP contribution < -0.4 is 4.74 Å². The minimum absolute atomic E-state index is 0.0682. The molecule has 0 saturated carbocycles. The summed E-state index contributed by atoms with van der Waals surface area (Å²) in [5.74, 6) is 0.913. The number of carbonyl (C=O) groups is 1. The normalized spacial score (nSPS) is 19.6. The van der Waals surface area contributed by atoms with Crippen molar-refractivity contribution in [1.29, 1.82) is 0 Å². The minimum atomic E-state index is 0.0682. The van der Waals surface area contributed by atoms with Gasteiger partial charge in [0.2, 0.25) is 0 Å². The van der Waals surface area contributed by atoms with E-state index in [0.29, 0.717) is 0 Å². The molecule has 4 heteroatoms. The van der Waals surface area contributed by atoms with Crippen molar-refractivity contribution in [2.24, 2.45) is 0 Å². The number of rotatable bonds is 2. The SMILES string of the molecule is COc1ccc(C(=O)N2CCC3(CCO3)CC2)c2ccccc12. The second kappa shape index (κ2) is 5.53. The van der Waals surface area contributed by atoms with Crippen LogP contribution in [0.5, 0.6) is 5.75 Å². The Morgan fingerprint density at radius 2 is 1.78 bits per heavy atom. The first-order chi connectivity index (χ1) is 11.2. The van der Waals surface area contributed by atoms with E-state index < -0.39 is 0 Å². The fraction of sp³-hybridized carbons (Fsp3) is 0.421. The highest BCUT2D eigenvalue weighted by molar-refractivity contribution is 6.08. The molecule has 1 amide bonds. The van der Waals surface area contributed by atoms with Crippen molar-refractivity contribution in [3.05, 3.63) is 42.0 Å². The van der Waals surface area contributed by atoms with Gasteiger partial charge in [0.15, 0.2) is 0 Å². The molecule has 0 radical (unpaired) electrons. The molecular weight excluding hydrogens is 290 g/mol. The third-order valence-corrected chi connectivity index (χ3v) is 5.26. The van der Waals surface area contributed by atoms with Gasteiger partial charge in [-0.1, -0.05) is 24.3 Å². The summed E-state index contributed by atoms with van der Waals surface area (Å²) in [6.07, 6.45) is 3.04. The number of ether oxygens (including phenoxy) is 2. The third-order valence-electron chi connectivity index (χ3n) is 5.26. The van der Waals surface area contributed by atoms with Crippen molar-refractivity contribution in [3.63, 3.8) is 0 Å². The second-order valence-corrected chi connectivity index (χ2v) is 6.43. The zero-order valence-corrected chi connectivity index (χ0v) is 13.4. The van der Waals surface area contributed by atoms with E-state index in [1.165, 1.54) is 0 Å². The van der Waals surface area contributed by atoms with Gasteiger partial charge in [0.1, 0.15) is 5.75 Å². The van der Waals surface area contributed by atoms with Crippen LogP contribution in [0.15, 0.2) is 36.4 Å². The molecule has 0 bridgehead atoms. The fourth-order valence-corrected chi connectivity index (χ4v) is 3.71. The lowest BCUT2D eigenvalue weighted by molar-refractivity contribution is -0.169. The average Bonchev–Trinajstić information content (AvgIpc) is 2.59. The summed E-state index contributed by atoms with van der Waals surface area (Å²) >= 11 is 0. The van der Waals surface area contributed by atoms with Crippen LogP contribution in [0, 0.1) is 0 Å². The highest BCUT2D eigenvalue weighted by atomic mass is 16.5. The van der Waals surface area contributed by atoms with E-state index >= 15 is 0 Å². The van der Waals surface area contributed by atoms with Crippen LogP contribution in [0.25, 0.3) is 10.8 Å². The van der Waals surface area contributed by atoms with E-state index in [1.807, 2.05) is 41.3 Å². The number of benzene rings is 2. The van der Waals surface area contributed by atoms with E-state index in [0.717, 1.165) is 61.0 Å². The molecular formula is C19H21NO3. The second-order valence-electron chi connectivity index (χ2n) is 6.43. The fourth-order valence-electron chi connectivity index (χ4n) is 3.71. The summed E-state index contributed by atoms with van der Waals surface area (Å²) in [6.45, 7) is 2.43. The van der Waals surface area contributed by atoms with E-state index in [-0.39, 0.29) is 11.5 Å². The maximum Gasteiger partial charge on any atom is 0.254 e. The van der Waals surface area contributed by atoms with Crippen molar-refractivity contribution in [2.45, 2.75) is 24.9 Å². The van der Waals surface area contributed by atoms with Crippen LogP contribution >= 0.6 is 0 Å². The molecule has 2 aromatic carbocycles. The van der Waals surface area contributed by atoms with E-state index in [1.54, 1.807) is 7.11 Å². The van der Waals surface area contributed by atoms with Gasteiger partial charge >= 0.3 is 0 Å². The molecule has 1 spiro atoms. The average molecular weight is 311 g/mol. The molecule has 0 aliphatic carbocycles. The van der Waals surface area contributed by atoms with Crippen LogP contribution in [0.4, 0.5) is 0 Å². The molecule has 120 valence electrons. The van der Waals surface area contributed by atoms with Crippen LogP contribution in [-0.2, 0) is 4.74 Å². The first-order valence-electron chi connectivity index (χ1n) is 8.21. The molecule has 4 nitrogen and oxygen atoms in total. The van der Waals surface area contributed by atoms with Crippen LogP contribution in [-0.4, -0.2) is 43.2 Å². The maximum absolute atomic E-state index is 13.0. The van der Waals surface area contributed by atoms with Gasteiger partial charge < -0.3 is 14.4 Å². The topological polar surface area (TPSA) is 38.8 Å². The predicted molar refractivity (Wildman–Crippen MR) is 88.9 cm³/mol. The number of piperidine rings is 1. The highest BCUT2D eigenvalue weighted by Crippen LogP contribution is 2.37. The Balaban J connectivity index is 1.63. The van der Waals surface area contributed by atoms with Crippen LogP contribution in [0.3, 0.4) is 0 Å². The molecule has 2 aliphatic heterocycles. The van der Waals surface area contributed by atoms with Crippen molar-refractivity contribution in [3.8, 4) is 5.75 Å². The molecule has 2 saturated heterocycles. The van der Waals surface area contributed by atoms with Gasteiger partial charge in [-0.05, 0) is 36.8 Å². The largest absolute Gasteiger partial charge is 0.496 e. The summed E-state index contributed by atoms with van der Waals surface area (Å²) in [5, 5.41) is 1.94. The van der Waals surface area contributed by atoms with Gasteiger partial charge in [-0.3, -0.25) is 4.79 Å². The van der Waals surface area contributed by atoms with Gasteiger partial charge in [0, 0.05) is 24.0 Å². The smallest absolute Gasteiger partial charge is 0.254 e. The van der Waals surface area contributed by atoms with Gasteiger partial charge in [-0.2, -0.15) is 0 Å². The Morgan fingerprint density at radius 1 is 1.09 bits per heavy atom. The Hall–Kier alpha value is -2.07. The molecule has 0 aromatic heterocycles. The first-order valence-corrected chi connectivity index (χ1v) is 8.21. The Bertz CT molecular complexity index is 741. The summed E-state index contributed by atoms with van der Waals surface area (Å²) < 4.78 is 11.2. The molecule has 2 aromatic rings. The molecule has 0 N–H and O–H groups in total. The lowest BCUT2D eigenvalue weighted by Crippen LogP contribution is -2.53. The number of nitrogens with zero attached hydrogens (tertiary/aromatic N) is 1. The third kappa shape index (κ3) is 2.38. The van der Waals surface area contributed by atoms with E-state index in [2.05, 4.69) is 0 Å². The van der Waals surface area contributed by atoms with Crippen LogP contribution in [0.1, 0.15) is 29.6 Å². The number of hydrogen-bond donors (Lipinski definition) is 0. The summed E-state index contributed by atoms with van der Waals surface area (Å²) in [6, 6.07) is 11.7. The molecule has 23 heavy (non-hydrogen) atoms. The minimum Gasteiger partial charge on any atom is -0.496 e. The molecule has 0 atom stereocenters. The highest BCUT2D eigenvalue weighted by Gasteiger charge is 2.42. The molecule has 2 heterocycles. The van der Waals surface area contributed by atoms with Gasteiger partial charge in [0.05, 0.1) is 19.3 Å². The zero-order chi connectivity index (χ0) is 15.9. The molecule has 2 fully saturated rings. The van der Waals surface area contributed by atoms with Crippen LogP contribution in [0.2, 0.25) is 0 Å². The Morgan fingerprint density at radius 3 is 2.39 bits per heavy atom. The van der Waals surface area contributed by atoms with Crippen molar-refractivity contribution >= 4 is 16.7 Å². The predicted octanol–water partition coefficient (Wildman–Crippen LogP) is 3.24. The molecule has 4 rings (SSSR count). The van der Waals surface area contributed by atoms with E-state index in [4.69, 9.17) is 9.47 Å². The zero-order valence-electron chi connectivity index (χ0n) is 13.4. The van der Waals surface area contributed by atoms with Crippen molar-refractivity contribution < 1.29 is 14.3 Å². The van der Waals surface area contributed by atoms with E-state index in [9.17, 15) is 4.79 Å². The summed E-state index contributed by atoms with van der Waals surface area (Å²) in [7, 11) is 1.66. The first kappa shape index (κ1) is 14.5. The standard InChI is InChI=1S/C19H21NO3/c1-22-17-7-6-16(14-4-2-3-5-15(14)17)18(21)20-11-8-19(9-12-20)10-13-23-19/h2-7H,8-13H2,1H3. The number of likely N-dealkylation sites (tertiary alicyclic amines) is 1. The lowest BCUT2D eigenvalue weighted by Gasteiger charge is -2.47. The number of fused-ring (bicyclic) bond motifs is 1. The number of amides is 1. The quantitative estimate of drug-likeness (QED) is 0.854. The van der Waals surface area contributed by atoms with Gasteiger partial charge in [-0.15, -0.1) is 0 Å². The maximum atomic E-state index is 13.0. The Labute approximate surface area is 136 Å². The van der Waals surface area contributed by atoms with Crippen molar-refractivity contribution in [1.82, 2.24) is 4.90 Å². The number of carbonyl (C=O) groups excluding carboxylic acids is 1.